The van der Waals surface area contributed by atoms with Crippen molar-refractivity contribution in [3.63, 3.8) is 0 Å². The van der Waals surface area contributed by atoms with Gasteiger partial charge in [-0.3, -0.25) is 0 Å². The minimum atomic E-state index is -0.608. The van der Waals surface area contributed by atoms with E-state index in [0.717, 1.165) is 0 Å². The molecule has 0 spiro atoms. The molecule has 0 aromatic carbocycles. The summed E-state index contributed by atoms with van der Waals surface area (Å²) in [5.41, 5.74) is 0. The number of nitrogens with zero attached hydrogens (tertiary/aromatic N) is 1. The monoisotopic (exact) mass is 155 g/mol. The van der Waals surface area contributed by atoms with Gasteiger partial charge in [0.2, 0.25) is 0 Å². The van der Waals surface area contributed by atoms with E-state index in [2.05, 4.69) is 0 Å². The second-order valence-electron chi connectivity index (χ2n) is 2.31. The van der Waals surface area contributed by atoms with Crippen LogP contribution in [0.1, 0.15) is 6.92 Å². The molecule has 50 valence electrons. The molecule has 0 fully saturated rings. The summed E-state index contributed by atoms with van der Waals surface area (Å²) < 4.78 is -0.608. The van der Waals surface area contributed by atoms with Gasteiger partial charge in [-0.1, -0.05) is 0 Å². The molecule has 3 heteroatoms. The van der Waals surface area contributed by atoms with E-state index in [9.17, 15) is 0 Å². The molecule has 0 saturated carbocycles. The van der Waals surface area contributed by atoms with Gasteiger partial charge in [0, 0.05) is 6.54 Å². The first-order valence-corrected chi connectivity index (χ1v) is 3.20. The molecule has 0 aliphatic heterocycles. The lowest BCUT2D eigenvalue weighted by molar-refractivity contribution is 0.398. The minimum Gasteiger partial charge on any atom is -0.306 e. The Kier molecular flexibility index (Phi) is 3.10. The van der Waals surface area contributed by atoms with Crippen LogP contribution in [0.3, 0.4) is 0 Å². The number of alkyl halides is 2. The Morgan fingerprint density at radius 3 is 1.75 bits per heavy atom. The van der Waals surface area contributed by atoms with Crippen molar-refractivity contribution < 1.29 is 0 Å². The maximum absolute atomic E-state index is 5.65. The van der Waals surface area contributed by atoms with Crippen LogP contribution in [0.2, 0.25) is 0 Å². The van der Waals surface area contributed by atoms with E-state index in [4.69, 9.17) is 23.2 Å². The van der Waals surface area contributed by atoms with Gasteiger partial charge in [-0.05, 0) is 21.0 Å². The predicted octanol–water partition coefficient (Wildman–Crippen LogP) is 1.74. The van der Waals surface area contributed by atoms with Crippen LogP contribution < -0.4 is 0 Å². The molecule has 0 aliphatic carbocycles. The van der Waals surface area contributed by atoms with Crippen molar-refractivity contribution in [1.29, 1.82) is 0 Å². The third-order valence-electron chi connectivity index (χ3n) is 0.594. The summed E-state index contributed by atoms with van der Waals surface area (Å²) in [6.45, 7) is 2.46. The van der Waals surface area contributed by atoms with Crippen molar-refractivity contribution in [1.82, 2.24) is 4.90 Å². The third-order valence-corrected chi connectivity index (χ3v) is 0.833. The van der Waals surface area contributed by atoms with Crippen LogP contribution >= 0.6 is 23.2 Å². The van der Waals surface area contributed by atoms with E-state index >= 15 is 0 Å². The maximum atomic E-state index is 5.65. The van der Waals surface area contributed by atoms with E-state index < -0.39 is 4.33 Å². The van der Waals surface area contributed by atoms with Crippen LogP contribution in [0, 0.1) is 0 Å². The van der Waals surface area contributed by atoms with Gasteiger partial charge in [-0.25, -0.2) is 0 Å². The Morgan fingerprint density at radius 2 is 1.75 bits per heavy atom. The lowest BCUT2D eigenvalue weighted by atomic mass is 10.4. The summed E-state index contributed by atoms with van der Waals surface area (Å²) >= 11 is 11.3. The SMILES string of the molecule is CN(C)CC(C)(Cl)Cl. The number of hydrogen-bond donors (Lipinski definition) is 0. The van der Waals surface area contributed by atoms with Crippen molar-refractivity contribution in [3.05, 3.63) is 0 Å². The summed E-state index contributed by atoms with van der Waals surface area (Å²) in [6.07, 6.45) is 0. The Balaban J connectivity index is 3.39. The molecule has 0 unspecified atom stereocenters. The van der Waals surface area contributed by atoms with Gasteiger partial charge >= 0.3 is 0 Å². The highest BCUT2D eigenvalue weighted by atomic mass is 35.5. The maximum Gasteiger partial charge on any atom is 0.128 e. The van der Waals surface area contributed by atoms with E-state index in [1.807, 2.05) is 19.0 Å². The highest BCUT2D eigenvalue weighted by Crippen LogP contribution is 2.19. The first-order chi connectivity index (χ1) is 3.42. The molecule has 0 rings (SSSR count). The van der Waals surface area contributed by atoms with Crippen LogP contribution in [0.15, 0.2) is 0 Å². The molecule has 0 atom stereocenters. The second kappa shape index (κ2) is 2.90. The Bertz CT molecular complexity index is 65.3. The molecule has 0 radical (unpaired) electrons. The first kappa shape index (κ1) is 8.54. The van der Waals surface area contributed by atoms with E-state index in [1.54, 1.807) is 6.92 Å². The van der Waals surface area contributed by atoms with Crippen LogP contribution in [0.25, 0.3) is 0 Å². The second-order valence-corrected chi connectivity index (χ2v) is 4.17. The number of halogens is 2. The van der Waals surface area contributed by atoms with E-state index in [0.29, 0.717) is 6.54 Å². The van der Waals surface area contributed by atoms with Gasteiger partial charge in [0.25, 0.3) is 0 Å². The smallest absolute Gasteiger partial charge is 0.128 e. The zero-order valence-electron chi connectivity index (χ0n) is 5.41. The van der Waals surface area contributed by atoms with Gasteiger partial charge < -0.3 is 4.90 Å². The highest BCUT2D eigenvalue weighted by Gasteiger charge is 2.16. The van der Waals surface area contributed by atoms with E-state index in [1.165, 1.54) is 0 Å². The van der Waals surface area contributed by atoms with Crippen molar-refractivity contribution in [2.45, 2.75) is 11.3 Å². The molecular weight excluding hydrogens is 145 g/mol. The minimum absolute atomic E-state index is 0.608. The molecule has 1 nitrogen and oxygen atoms in total. The Labute approximate surface area is 60.6 Å². The lowest BCUT2D eigenvalue weighted by Crippen LogP contribution is -2.26. The quantitative estimate of drug-likeness (QED) is 0.550. The fourth-order valence-electron chi connectivity index (χ4n) is 0.555. The normalized spacial score (nSPS) is 12.8. The molecule has 8 heavy (non-hydrogen) atoms. The topological polar surface area (TPSA) is 3.24 Å². The molecule has 0 saturated heterocycles. The van der Waals surface area contributed by atoms with Gasteiger partial charge in [-0.2, -0.15) is 0 Å². The third kappa shape index (κ3) is 6.54. The summed E-state index contributed by atoms with van der Waals surface area (Å²) in [7, 11) is 3.87. The predicted molar refractivity (Wildman–Crippen MR) is 38.7 cm³/mol. The van der Waals surface area contributed by atoms with Gasteiger partial charge in [-0.15, -0.1) is 23.2 Å². The first-order valence-electron chi connectivity index (χ1n) is 2.44. The zero-order chi connectivity index (χ0) is 6.78. The summed E-state index contributed by atoms with van der Waals surface area (Å²) in [5, 5.41) is 0. The Hall–Kier alpha value is 0.540. The molecule has 0 amide bonds. The highest BCUT2D eigenvalue weighted by molar-refractivity contribution is 6.48. The summed E-state index contributed by atoms with van der Waals surface area (Å²) in [4.78, 5) is 1.94. The molecule has 0 bridgehead atoms. The summed E-state index contributed by atoms with van der Waals surface area (Å²) in [6, 6.07) is 0. The molecule has 0 heterocycles. The molecule has 0 N–H and O–H groups in total. The van der Waals surface area contributed by atoms with Crippen LogP contribution in [0.4, 0.5) is 0 Å². The van der Waals surface area contributed by atoms with Crippen LogP contribution in [-0.2, 0) is 0 Å². The van der Waals surface area contributed by atoms with Crippen molar-refractivity contribution in [2.75, 3.05) is 20.6 Å². The van der Waals surface area contributed by atoms with Crippen molar-refractivity contribution in [2.24, 2.45) is 0 Å². The van der Waals surface area contributed by atoms with Crippen molar-refractivity contribution in [3.8, 4) is 0 Å². The summed E-state index contributed by atoms with van der Waals surface area (Å²) in [5.74, 6) is 0. The van der Waals surface area contributed by atoms with Gasteiger partial charge in [0.05, 0.1) is 0 Å². The van der Waals surface area contributed by atoms with E-state index in [-0.39, 0.29) is 0 Å². The van der Waals surface area contributed by atoms with Gasteiger partial charge in [0.15, 0.2) is 0 Å². The van der Waals surface area contributed by atoms with Crippen LogP contribution in [0.5, 0.6) is 0 Å². The number of hydrogen-bond acceptors (Lipinski definition) is 1. The molecule has 0 aromatic rings. The lowest BCUT2D eigenvalue weighted by Gasteiger charge is -2.17. The molecular formula is C5H11Cl2N. The molecule has 0 aliphatic rings. The standard InChI is InChI=1S/C5H11Cl2N/c1-5(6,7)4-8(2)3/h4H2,1-3H3. The molecule has 0 aromatic heterocycles. The largest absolute Gasteiger partial charge is 0.306 e. The van der Waals surface area contributed by atoms with Crippen molar-refractivity contribution >= 4 is 23.2 Å². The fraction of sp³-hybridized carbons (Fsp3) is 1.00. The van der Waals surface area contributed by atoms with Gasteiger partial charge in [0.1, 0.15) is 4.33 Å². The number of rotatable bonds is 2. The average molecular weight is 156 g/mol. The average Bonchev–Trinajstić information content (AvgIpc) is 1.21. The Morgan fingerprint density at radius 1 is 1.38 bits per heavy atom. The van der Waals surface area contributed by atoms with Crippen LogP contribution in [-0.4, -0.2) is 29.9 Å². The fourth-order valence-corrected chi connectivity index (χ4v) is 1.03. The zero-order valence-corrected chi connectivity index (χ0v) is 6.92.